The fourth-order valence-corrected chi connectivity index (χ4v) is 5.72. The van der Waals surface area contributed by atoms with Crippen molar-refractivity contribution >= 4 is 35.1 Å². The number of carbonyl (C=O) groups is 1. The van der Waals surface area contributed by atoms with Crippen LogP contribution in [0.5, 0.6) is 5.75 Å². The predicted octanol–water partition coefficient (Wildman–Crippen LogP) is 7.78. The van der Waals surface area contributed by atoms with Crippen LogP contribution in [0.2, 0.25) is 10.0 Å². The Morgan fingerprint density at radius 1 is 0.976 bits per heavy atom. The van der Waals surface area contributed by atoms with E-state index in [0.29, 0.717) is 36.0 Å². The molecule has 2 heterocycles. The molecule has 0 radical (unpaired) electrons. The summed E-state index contributed by atoms with van der Waals surface area (Å²) in [5, 5.41) is 10.7. The van der Waals surface area contributed by atoms with Gasteiger partial charge in [0.05, 0.1) is 23.8 Å². The molecule has 0 aliphatic carbocycles. The van der Waals surface area contributed by atoms with Crippen LogP contribution in [-0.4, -0.2) is 53.1 Å². The molecule has 3 aromatic carbocycles. The van der Waals surface area contributed by atoms with Gasteiger partial charge in [0.25, 0.3) is 0 Å². The van der Waals surface area contributed by atoms with Gasteiger partial charge in [-0.1, -0.05) is 47.5 Å². The van der Waals surface area contributed by atoms with E-state index in [-0.39, 0.29) is 42.3 Å². The number of halogens is 5. The van der Waals surface area contributed by atoms with E-state index >= 15 is 0 Å². The molecule has 0 aromatic heterocycles. The summed E-state index contributed by atoms with van der Waals surface area (Å²) in [7, 11) is 0. The molecule has 0 spiro atoms. The van der Waals surface area contributed by atoms with Gasteiger partial charge in [-0.3, -0.25) is 9.89 Å². The molecule has 0 saturated carbocycles. The van der Waals surface area contributed by atoms with Gasteiger partial charge in [0, 0.05) is 29.7 Å². The van der Waals surface area contributed by atoms with Crippen LogP contribution in [0.4, 0.5) is 18.0 Å². The van der Waals surface area contributed by atoms with Gasteiger partial charge in [-0.15, -0.1) is 0 Å². The van der Waals surface area contributed by atoms with E-state index in [0.717, 1.165) is 23.3 Å². The van der Waals surface area contributed by atoms with Crippen LogP contribution < -0.4 is 4.74 Å². The van der Waals surface area contributed by atoms with Crippen LogP contribution in [0.15, 0.2) is 71.7 Å². The standard InChI is InChI=1S/C31H30Cl2F3N3O3/c1-2-42-26-17-22(31(34,35)36)7-12-25(26)29-37-27(20-3-8-23(32)9-4-20)28(21-5-10-24(33)11-6-21)39(29)30(41)38-15-13-19(18-40)14-16-38/h3-12,17,19,27-28,40H,2,13-16,18H2,1H3. The van der Waals surface area contributed by atoms with E-state index in [9.17, 15) is 23.1 Å². The third-order valence-electron chi connectivity index (χ3n) is 7.69. The van der Waals surface area contributed by atoms with Crippen molar-refractivity contribution < 1.29 is 27.8 Å². The molecule has 1 N–H and O–H groups in total. The molecule has 5 rings (SSSR count). The Balaban J connectivity index is 1.68. The van der Waals surface area contributed by atoms with Crippen LogP contribution in [0.3, 0.4) is 0 Å². The van der Waals surface area contributed by atoms with Crippen LogP contribution in [0.1, 0.15) is 54.1 Å². The number of hydrogen-bond acceptors (Lipinski definition) is 4. The first-order valence-corrected chi connectivity index (χ1v) is 14.5. The van der Waals surface area contributed by atoms with E-state index < -0.39 is 23.8 Å². The largest absolute Gasteiger partial charge is 0.493 e. The summed E-state index contributed by atoms with van der Waals surface area (Å²) < 4.78 is 46.7. The third kappa shape index (κ3) is 6.23. The predicted molar refractivity (Wildman–Crippen MR) is 156 cm³/mol. The van der Waals surface area contributed by atoms with Crippen molar-refractivity contribution in [1.29, 1.82) is 0 Å². The molecule has 2 aliphatic rings. The fraction of sp³-hybridized carbons (Fsp3) is 0.355. The molecule has 0 bridgehead atoms. The molecule has 6 nitrogen and oxygen atoms in total. The molecule has 2 unspecified atom stereocenters. The Morgan fingerprint density at radius 3 is 2.12 bits per heavy atom. The number of amides is 2. The minimum atomic E-state index is -4.58. The second kappa shape index (κ2) is 12.5. The van der Waals surface area contributed by atoms with Crippen molar-refractivity contribution in [3.63, 3.8) is 0 Å². The summed E-state index contributed by atoms with van der Waals surface area (Å²) in [6.45, 7) is 2.71. The lowest BCUT2D eigenvalue weighted by atomic mass is 9.93. The maximum Gasteiger partial charge on any atom is 0.416 e. The van der Waals surface area contributed by atoms with E-state index in [1.807, 2.05) is 24.3 Å². The minimum Gasteiger partial charge on any atom is -0.493 e. The molecule has 222 valence electrons. The highest BCUT2D eigenvalue weighted by molar-refractivity contribution is 6.30. The second-order valence-electron chi connectivity index (χ2n) is 10.4. The molecule has 1 fully saturated rings. The zero-order valence-electron chi connectivity index (χ0n) is 22.8. The summed E-state index contributed by atoms with van der Waals surface area (Å²) in [4.78, 5) is 22.7. The highest BCUT2D eigenvalue weighted by atomic mass is 35.5. The number of likely N-dealkylation sites (tertiary alicyclic amines) is 1. The number of benzene rings is 3. The summed E-state index contributed by atoms with van der Waals surface area (Å²) in [6, 6.07) is 15.9. The highest BCUT2D eigenvalue weighted by Gasteiger charge is 2.45. The quantitative estimate of drug-likeness (QED) is 0.306. The van der Waals surface area contributed by atoms with Gasteiger partial charge in [0.2, 0.25) is 0 Å². The van der Waals surface area contributed by atoms with Gasteiger partial charge in [-0.2, -0.15) is 13.2 Å². The number of rotatable bonds is 6. The van der Waals surface area contributed by atoms with Crippen molar-refractivity contribution in [2.75, 3.05) is 26.3 Å². The molecule has 3 aromatic rings. The molecule has 42 heavy (non-hydrogen) atoms. The smallest absolute Gasteiger partial charge is 0.416 e. The number of aliphatic imine (C=N–C) groups is 1. The lowest BCUT2D eigenvalue weighted by molar-refractivity contribution is -0.137. The van der Waals surface area contributed by atoms with Gasteiger partial charge in [0.1, 0.15) is 17.6 Å². The zero-order chi connectivity index (χ0) is 30.0. The number of ether oxygens (including phenoxy) is 1. The zero-order valence-corrected chi connectivity index (χ0v) is 24.3. The fourth-order valence-electron chi connectivity index (χ4n) is 5.47. The normalized spacial score (nSPS) is 19.6. The van der Waals surface area contributed by atoms with Crippen molar-refractivity contribution in [3.05, 3.63) is 99.0 Å². The van der Waals surface area contributed by atoms with Crippen molar-refractivity contribution in [2.45, 2.75) is 38.0 Å². The summed E-state index contributed by atoms with van der Waals surface area (Å²) in [5.74, 6) is 0.296. The first-order valence-electron chi connectivity index (χ1n) is 13.7. The Hall–Kier alpha value is -3.27. The maximum absolute atomic E-state index is 14.4. The number of aliphatic hydroxyl groups is 1. The third-order valence-corrected chi connectivity index (χ3v) is 8.19. The number of nitrogens with zero attached hydrogens (tertiary/aromatic N) is 3. The number of aliphatic hydroxyl groups excluding tert-OH is 1. The van der Waals surface area contributed by atoms with Crippen molar-refractivity contribution in [1.82, 2.24) is 9.80 Å². The topological polar surface area (TPSA) is 65.4 Å². The first-order chi connectivity index (χ1) is 20.1. The molecule has 1 saturated heterocycles. The van der Waals surface area contributed by atoms with Crippen LogP contribution in [0.25, 0.3) is 0 Å². The van der Waals surface area contributed by atoms with Gasteiger partial charge < -0.3 is 14.7 Å². The number of carbonyl (C=O) groups excluding carboxylic acids is 1. The average molecular weight is 620 g/mol. The second-order valence-corrected chi connectivity index (χ2v) is 11.2. The van der Waals surface area contributed by atoms with Gasteiger partial charge in [0.15, 0.2) is 0 Å². The minimum absolute atomic E-state index is 0.0190. The van der Waals surface area contributed by atoms with Crippen molar-refractivity contribution in [3.8, 4) is 5.75 Å². The van der Waals surface area contributed by atoms with Crippen LogP contribution >= 0.6 is 23.2 Å². The summed E-state index contributed by atoms with van der Waals surface area (Å²) >= 11 is 12.4. The molecule has 2 amide bonds. The maximum atomic E-state index is 14.4. The highest BCUT2D eigenvalue weighted by Crippen LogP contribution is 2.46. The van der Waals surface area contributed by atoms with Gasteiger partial charge in [-0.25, -0.2) is 4.79 Å². The van der Waals surface area contributed by atoms with Crippen molar-refractivity contribution in [2.24, 2.45) is 10.9 Å². The van der Waals surface area contributed by atoms with Crippen LogP contribution in [0, 0.1) is 5.92 Å². The summed E-state index contributed by atoms with van der Waals surface area (Å²) in [6.07, 6.45) is -3.30. The van der Waals surface area contributed by atoms with E-state index in [1.165, 1.54) is 6.07 Å². The first kappa shape index (κ1) is 30.2. The molecular formula is C31H30Cl2F3N3O3. The van der Waals surface area contributed by atoms with E-state index in [1.54, 1.807) is 41.0 Å². The number of hydrogen-bond donors (Lipinski definition) is 1. The van der Waals surface area contributed by atoms with E-state index in [2.05, 4.69) is 0 Å². The van der Waals surface area contributed by atoms with E-state index in [4.69, 9.17) is 32.9 Å². The Labute approximate surface area is 252 Å². The Kier molecular flexibility index (Phi) is 9.01. The van der Waals surface area contributed by atoms with Gasteiger partial charge in [-0.05, 0) is 79.3 Å². The van der Waals surface area contributed by atoms with Gasteiger partial charge >= 0.3 is 12.2 Å². The van der Waals surface area contributed by atoms with Crippen LogP contribution in [-0.2, 0) is 6.18 Å². The lowest BCUT2D eigenvalue weighted by Gasteiger charge is -2.37. The average Bonchev–Trinajstić information content (AvgIpc) is 3.37. The Morgan fingerprint density at radius 2 is 1.57 bits per heavy atom. The monoisotopic (exact) mass is 619 g/mol. The molecular weight excluding hydrogens is 590 g/mol. The molecule has 11 heteroatoms. The SMILES string of the molecule is CCOc1cc(C(F)(F)F)ccc1C1=NC(c2ccc(Cl)cc2)C(c2ccc(Cl)cc2)N1C(=O)N1CCC(CO)CC1. The molecule has 2 atom stereocenters. The number of urea groups is 1. The number of alkyl halides is 3. The number of amidine groups is 1. The lowest BCUT2D eigenvalue weighted by Crippen LogP contribution is -2.49. The summed E-state index contributed by atoms with van der Waals surface area (Å²) in [5.41, 5.74) is 0.942. The molecule has 2 aliphatic heterocycles. The number of piperidine rings is 1. The Bertz CT molecular complexity index is 1440.